The molecule has 0 bridgehead atoms. The maximum Gasteiger partial charge on any atom is 0.314 e. The fourth-order valence-electron chi connectivity index (χ4n) is 3.22. The SMILES string of the molecule is O=C(O)C1(CCCCCO)CCCc2ccccc21. The lowest BCUT2D eigenvalue weighted by molar-refractivity contribution is -0.145. The molecule has 19 heavy (non-hydrogen) atoms. The smallest absolute Gasteiger partial charge is 0.314 e. The van der Waals surface area contributed by atoms with Crippen LogP contribution in [0.4, 0.5) is 0 Å². The van der Waals surface area contributed by atoms with E-state index in [1.165, 1.54) is 5.56 Å². The summed E-state index contributed by atoms with van der Waals surface area (Å²) in [6.07, 6.45) is 5.87. The van der Waals surface area contributed by atoms with E-state index >= 15 is 0 Å². The number of carbonyl (C=O) groups is 1. The van der Waals surface area contributed by atoms with Crippen molar-refractivity contribution in [1.29, 1.82) is 0 Å². The third kappa shape index (κ3) is 2.81. The van der Waals surface area contributed by atoms with Crippen LogP contribution in [0.5, 0.6) is 0 Å². The Morgan fingerprint density at radius 2 is 2.00 bits per heavy atom. The van der Waals surface area contributed by atoms with Crippen molar-refractivity contribution in [3.05, 3.63) is 35.4 Å². The molecule has 1 aliphatic rings. The van der Waals surface area contributed by atoms with Gasteiger partial charge in [-0.3, -0.25) is 4.79 Å². The first kappa shape index (κ1) is 14.1. The molecule has 0 saturated heterocycles. The third-order valence-electron chi connectivity index (χ3n) is 4.25. The van der Waals surface area contributed by atoms with Gasteiger partial charge in [0.25, 0.3) is 0 Å². The second-order valence-electron chi connectivity index (χ2n) is 5.43. The number of aliphatic carboxylic acids is 1. The Bertz CT molecular complexity index is 441. The number of unbranched alkanes of at least 4 members (excludes halogenated alkanes) is 2. The van der Waals surface area contributed by atoms with Crippen molar-refractivity contribution in [3.63, 3.8) is 0 Å². The Morgan fingerprint density at radius 3 is 2.74 bits per heavy atom. The lowest BCUT2D eigenvalue weighted by Crippen LogP contribution is -2.39. The number of benzene rings is 1. The zero-order valence-electron chi connectivity index (χ0n) is 11.3. The third-order valence-corrected chi connectivity index (χ3v) is 4.25. The minimum atomic E-state index is -0.704. The van der Waals surface area contributed by atoms with E-state index in [1.54, 1.807) is 0 Å². The standard InChI is InChI=1S/C16H22O3/c17-12-5-1-4-10-16(15(18)19)11-6-8-13-7-2-3-9-14(13)16/h2-3,7,9,17H,1,4-6,8,10-12H2,(H,18,19). The van der Waals surface area contributed by atoms with Gasteiger partial charge in [-0.05, 0) is 43.2 Å². The van der Waals surface area contributed by atoms with E-state index in [1.807, 2.05) is 18.2 Å². The van der Waals surface area contributed by atoms with Gasteiger partial charge >= 0.3 is 5.97 Å². The zero-order chi connectivity index (χ0) is 13.7. The van der Waals surface area contributed by atoms with Crippen LogP contribution >= 0.6 is 0 Å². The van der Waals surface area contributed by atoms with Gasteiger partial charge in [0, 0.05) is 6.61 Å². The quantitative estimate of drug-likeness (QED) is 0.775. The van der Waals surface area contributed by atoms with Crippen molar-refractivity contribution in [1.82, 2.24) is 0 Å². The topological polar surface area (TPSA) is 57.5 Å². The molecule has 0 fully saturated rings. The molecule has 3 nitrogen and oxygen atoms in total. The van der Waals surface area contributed by atoms with Crippen LogP contribution in [0, 0.1) is 0 Å². The molecule has 0 aliphatic heterocycles. The molecule has 2 rings (SSSR count). The molecule has 0 heterocycles. The molecule has 1 atom stereocenters. The summed E-state index contributed by atoms with van der Waals surface area (Å²) in [7, 11) is 0. The number of fused-ring (bicyclic) bond motifs is 1. The highest BCUT2D eigenvalue weighted by Gasteiger charge is 2.42. The molecule has 0 saturated carbocycles. The number of aliphatic hydroxyl groups excluding tert-OH is 1. The molecule has 0 amide bonds. The van der Waals surface area contributed by atoms with Gasteiger partial charge in [-0.25, -0.2) is 0 Å². The van der Waals surface area contributed by atoms with Gasteiger partial charge in [-0.1, -0.05) is 37.1 Å². The van der Waals surface area contributed by atoms with Crippen LogP contribution in [0.2, 0.25) is 0 Å². The van der Waals surface area contributed by atoms with E-state index < -0.39 is 11.4 Å². The van der Waals surface area contributed by atoms with Crippen molar-refractivity contribution in [3.8, 4) is 0 Å². The Balaban J connectivity index is 2.23. The molecule has 104 valence electrons. The van der Waals surface area contributed by atoms with E-state index in [-0.39, 0.29) is 6.61 Å². The minimum absolute atomic E-state index is 0.191. The van der Waals surface area contributed by atoms with E-state index in [2.05, 4.69) is 6.07 Å². The van der Waals surface area contributed by atoms with Crippen LogP contribution < -0.4 is 0 Å². The maximum absolute atomic E-state index is 11.9. The monoisotopic (exact) mass is 262 g/mol. The van der Waals surface area contributed by atoms with Crippen LogP contribution in [0.3, 0.4) is 0 Å². The van der Waals surface area contributed by atoms with Crippen LogP contribution in [-0.4, -0.2) is 22.8 Å². The van der Waals surface area contributed by atoms with Gasteiger partial charge in [0.1, 0.15) is 0 Å². The molecule has 1 aromatic rings. The second kappa shape index (κ2) is 6.20. The van der Waals surface area contributed by atoms with Crippen LogP contribution in [-0.2, 0) is 16.6 Å². The summed E-state index contributed by atoms with van der Waals surface area (Å²) in [5, 5.41) is 18.6. The Hall–Kier alpha value is -1.35. The molecule has 0 spiro atoms. The largest absolute Gasteiger partial charge is 0.481 e. The summed E-state index contributed by atoms with van der Waals surface area (Å²) < 4.78 is 0. The molecule has 0 radical (unpaired) electrons. The van der Waals surface area contributed by atoms with E-state index in [0.29, 0.717) is 6.42 Å². The van der Waals surface area contributed by atoms with Crippen LogP contribution in [0.15, 0.2) is 24.3 Å². The van der Waals surface area contributed by atoms with E-state index in [9.17, 15) is 9.90 Å². The Labute approximate surface area is 114 Å². The highest BCUT2D eigenvalue weighted by molar-refractivity contribution is 5.82. The van der Waals surface area contributed by atoms with Crippen LogP contribution in [0.25, 0.3) is 0 Å². The van der Waals surface area contributed by atoms with Gasteiger partial charge in [-0.2, -0.15) is 0 Å². The Morgan fingerprint density at radius 1 is 1.21 bits per heavy atom. The summed E-state index contributed by atoms with van der Waals surface area (Å²) in [6, 6.07) is 7.96. The summed E-state index contributed by atoms with van der Waals surface area (Å²) >= 11 is 0. The highest BCUT2D eigenvalue weighted by Crippen LogP contribution is 2.41. The number of hydrogen-bond acceptors (Lipinski definition) is 2. The molecule has 2 N–H and O–H groups in total. The fourth-order valence-corrected chi connectivity index (χ4v) is 3.22. The van der Waals surface area contributed by atoms with Crippen molar-refractivity contribution in [2.45, 2.75) is 50.4 Å². The first-order valence-corrected chi connectivity index (χ1v) is 7.13. The maximum atomic E-state index is 11.9. The fraction of sp³-hybridized carbons (Fsp3) is 0.562. The van der Waals surface area contributed by atoms with Crippen LogP contribution in [0.1, 0.15) is 49.7 Å². The average Bonchev–Trinajstić information content (AvgIpc) is 2.43. The summed E-state index contributed by atoms with van der Waals surface area (Å²) in [5.74, 6) is -0.691. The molecule has 1 unspecified atom stereocenters. The van der Waals surface area contributed by atoms with Gasteiger partial charge < -0.3 is 10.2 Å². The van der Waals surface area contributed by atoms with E-state index in [0.717, 1.165) is 44.1 Å². The molecule has 0 aromatic heterocycles. The van der Waals surface area contributed by atoms with Crippen molar-refractivity contribution < 1.29 is 15.0 Å². The predicted molar refractivity (Wildman–Crippen MR) is 74.2 cm³/mol. The predicted octanol–water partition coefficient (Wildman–Crippen LogP) is 2.90. The number of carboxylic acid groups (broad SMARTS) is 1. The second-order valence-corrected chi connectivity index (χ2v) is 5.43. The zero-order valence-corrected chi connectivity index (χ0v) is 11.3. The van der Waals surface area contributed by atoms with E-state index in [4.69, 9.17) is 5.11 Å². The lowest BCUT2D eigenvalue weighted by Gasteiger charge is -2.35. The number of rotatable bonds is 6. The number of carboxylic acids is 1. The average molecular weight is 262 g/mol. The molecule has 1 aliphatic carbocycles. The van der Waals surface area contributed by atoms with Crippen molar-refractivity contribution >= 4 is 5.97 Å². The molecular weight excluding hydrogens is 240 g/mol. The number of aryl methyl sites for hydroxylation is 1. The number of hydrogen-bond donors (Lipinski definition) is 2. The molecule has 1 aromatic carbocycles. The summed E-state index contributed by atoms with van der Waals surface area (Å²) in [5.41, 5.74) is 1.50. The molecular formula is C16H22O3. The lowest BCUT2D eigenvalue weighted by atomic mass is 9.67. The van der Waals surface area contributed by atoms with Gasteiger partial charge in [0.05, 0.1) is 5.41 Å². The first-order valence-electron chi connectivity index (χ1n) is 7.13. The Kier molecular flexibility index (Phi) is 4.59. The first-order chi connectivity index (χ1) is 9.20. The van der Waals surface area contributed by atoms with Crippen molar-refractivity contribution in [2.75, 3.05) is 6.61 Å². The summed E-state index contributed by atoms with van der Waals surface area (Å²) in [6.45, 7) is 0.191. The van der Waals surface area contributed by atoms with Gasteiger partial charge in [-0.15, -0.1) is 0 Å². The highest BCUT2D eigenvalue weighted by atomic mass is 16.4. The summed E-state index contributed by atoms with van der Waals surface area (Å²) in [4.78, 5) is 11.9. The number of aliphatic hydroxyl groups is 1. The minimum Gasteiger partial charge on any atom is -0.481 e. The van der Waals surface area contributed by atoms with Crippen molar-refractivity contribution in [2.24, 2.45) is 0 Å². The molecule has 3 heteroatoms. The van der Waals surface area contributed by atoms with Gasteiger partial charge in [0.15, 0.2) is 0 Å². The normalized spacial score (nSPS) is 21.9. The van der Waals surface area contributed by atoms with Gasteiger partial charge in [0.2, 0.25) is 0 Å².